The molecular formula is C25H29BrN4O2. The van der Waals surface area contributed by atoms with Crippen LogP contribution in [0.5, 0.6) is 0 Å². The molecule has 6 nitrogen and oxygen atoms in total. The number of aromatic nitrogens is 3. The molecule has 2 heterocycles. The molecule has 3 aromatic rings. The van der Waals surface area contributed by atoms with Gasteiger partial charge in [-0.05, 0) is 69.4 Å². The predicted octanol–water partition coefficient (Wildman–Crippen LogP) is 4.40. The average molecular weight is 497 g/mol. The van der Waals surface area contributed by atoms with Gasteiger partial charge in [0.15, 0.2) is 0 Å². The Hall–Kier alpha value is -2.51. The van der Waals surface area contributed by atoms with Crippen LogP contribution in [-0.4, -0.2) is 44.0 Å². The van der Waals surface area contributed by atoms with E-state index in [-0.39, 0.29) is 5.91 Å². The first-order chi connectivity index (χ1) is 15.2. The van der Waals surface area contributed by atoms with Crippen molar-refractivity contribution in [1.82, 2.24) is 19.9 Å². The van der Waals surface area contributed by atoms with E-state index in [1.165, 1.54) is 11.1 Å². The van der Waals surface area contributed by atoms with Crippen LogP contribution >= 0.6 is 15.9 Å². The maximum Gasteiger partial charge on any atom is 0.226 e. The standard InChI is InChI=1S/C25H29BrN4O2/c1-17-11-18(2)13-20(12-17)15-24(31)29-9-4-7-25(32,8-10-29)23-16-30(28-27-23)22-6-5-21(26)14-19(22)3/h5-6,11-14,16,32H,4,7-10,15H2,1-3H3. The number of amides is 1. The monoisotopic (exact) mass is 496 g/mol. The molecule has 1 saturated heterocycles. The minimum Gasteiger partial charge on any atom is -0.383 e. The van der Waals surface area contributed by atoms with Crippen molar-refractivity contribution >= 4 is 21.8 Å². The van der Waals surface area contributed by atoms with Gasteiger partial charge in [0.1, 0.15) is 11.3 Å². The predicted molar refractivity (Wildman–Crippen MR) is 128 cm³/mol. The molecule has 1 aromatic heterocycles. The summed E-state index contributed by atoms with van der Waals surface area (Å²) in [5, 5.41) is 20.0. The van der Waals surface area contributed by atoms with Crippen molar-refractivity contribution in [2.45, 2.75) is 52.1 Å². The number of carbonyl (C=O) groups is 1. The second kappa shape index (κ2) is 9.16. The van der Waals surface area contributed by atoms with Crippen LogP contribution in [0, 0.1) is 20.8 Å². The van der Waals surface area contributed by atoms with Crippen LogP contribution in [0.25, 0.3) is 5.69 Å². The SMILES string of the molecule is Cc1cc(C)cc(CC(=O)N2CCCC(O)(c3cn(-c4ccc(Br)cc4C)nn3)CC2)c1. The van der Waals surface area contributed by atoms with Gasteiger partial charge >= 0.3 is 0 Å². The summed E-state index contributed by atoms with van der Waals surface area (Å²) in [5.74, 6) is 0.105. The highest BCUT2D eigenvalue weighted by Gasteiger charge is 2.35. The molecule has 1 amide bonds. The lowest BCUT2D eigenvalue weighted by Crippen LogP contribution is -2.34. The Bertz CT molecular complexity index is 1120. The van der Waals surface area contributed by atoms with E-state index in [0.717, 1.165) is 27.7 Å². The summed E-state index contributed by atoms with van der Waals surface area (Å²) in [6.07, 6.45) is 3.92. The van der Waals surface area contributed by atoms with Crippen molar-refractivity contribution in [2.75, 3.05) is 13.1 Å². The zero-order valence-corrected chi connectivity index (χ0v) is 20.4. The smallest absolute Gasteiger partial charge is 0.226 e. The Morgan fingerprint density at radius 2 is 1.84 bits per heavy atom. The van der Waals surface area contributed by atoms with Crippen LogP contribution < -0.4 is 0 Å². The first-order valence-electron chi connectivity index (χ1n) is 11.0. The van der Waals surface area contributed by atoms with Crippen LogP contribution in [0.15, 0.2) is 47.1 Å². The second-order valence-electron chi connectivity index (χ2n) is 8.92. The highest BCUT2D eigenvalue weighted by atomic mass is 79.9. The molecule has 0 aliphatic carbocycles. The Morgan fingerprint density at radius 1 is 1.09 bits per heavy atom. The normalized spacial score (nSPS) is 19.1. The summed E-state index contributed by atoms with van der Waals surface area (Å²) in [6, 6.07) is 12.2. The lowest BCUT2D eigenvalue weighted by atomic mass is 9.92. The molecule has 0 saturated carbocycles. The van der Waals surface area contributed by atoms with Crippen molar-refractivity contribution < 1.29 is 9.90 Å². The first kappa shape index (κ1) is 22.7. The summed E-state index contributed by atoms with van der Waals surface area (Å²) in [4.78, 5) is 14.8. The van der Waals surface area contributed by atoms with E-state index in [9.17, 15) is 9.90 Å². The molecule has 1 aliphatic heterocycles. The Labute approximate surface area is 197 Å². The van der Waals surface area contributed by atoms with Gasteiger partial charge in [-0.2, -0.15) is 0 Å². The fourth-order valence-electron chi connectivity index (χ4n) is 4.55. The van der Waals surface area contributed by atoms with Crippen LogP contribution in [-0.2, 0) is 16.8 Å². The summed E-state index contributed by atoms with van der Waals surface area (Å²) in [6.45, 7) is 7.27. The third kappa shape index (κ3) is 4.94. The number of nitrogens with zero attached hydrogens (tertiary/aromatic N) is 4. The molecule has 1 N–H and O–H groups in total. The minimum absolute atomic E-state index is 0.105. The number of likely N-dealkylation sites (tertiary alicyclic amines) is 1. The fraction of sp³-hybridized carbons (Fsp3) is 0.400. The van der Waals surface area contributed by atoms with Gasteiger partial charge in [0.05, 0.1) is 18.3 Å². The number of halogens is 1. The van der Waals surface area contributed by atoms with Crippen LogP contribution in [0.4, 0.5) is 0 Å². The zero-order valence-electron chi connectivity index (χ0n) is 18.8. The van der Waals surface area contributed by atoms with Crippen molar-refractivity contribution in [3.63, 3.8) is 0 Å². The Morgan fingerprint density at radius 3 is 2.56 bits per heavy atom. The number of hydrogen-bond acceptors (Lipinski definition) is 4. The quantitative estimate of drug-likeness (QED) is 0.580. The molecule has 1 aliphatic rings. The van der Waals surface area contributed by atoms with E-state index < -0.39 is 5.60 Å². The Kier molecular flexibility index (Phi) is 6.49. The van der Waals surface area contributed by atoms with Crippen molar-refractivity contribution in [2.24, 2.45) is 0 Å². The number of aliphatic hydroxyl groups is 1. The van der Waals surface area contributed by atoms with Gasteiger partial charge < -0.3 is 10.0 Å². The molecule has 7 heteroatoms. The lowest BCUT2D eigenvalue weighted by molar-refractivity contribution is -0.130. The van der Waals surface area contributed by atoms with Gasteiger partial charge in [-0.25, -0.2) is 4.68 Å². The van der Waals surface area contributed by atoms with Crippen LogP contribution in [0.1, 0.15) is 47.2 Å². The van der Waals surface area contributed by atoms with Gasteiger partial charge in [0, 0.05) is 17.6 Å². The largest absolute Gasteiger partial charge is 0.383 e. The van der Waals surface area contributed by atoms with Crippen LogP contribution in [0.2, 0.25) is 0 Å². The molecular weight excluding hydrogens is 468 g/mol. The molecule has 0 radical (unpaired) electrons. The molecule has 4 rings (SSSR count). The number of carbonyl (C=O) groups excluding carboxylic acids is 1. The number of hydrogen-bond donors (Lipinski definition) is 1. The number of rotatable bonds is 4. The third-order valence-electron chi connectivity index (χ3n) is 6.18. The van der Waals surface area contributed by atoms with Gasteiger partial charge in [-0.15, -0.1) is 5.10 Å². The molecule has 32 heavy (non-hydrogen) atoms. The zero-order chi connectivity index (χ0) is 22.9. The van der Waals surface area contributed by atoms with Gasteiger partial charge in [-0.1, -0.05) is 50.5 Å². The van der Waals surface area contributed by atoms with Crippen molar-refractivity contribution in [3.05, 3.63) is 75.0 Å². The maximum atomic E-state index is 13.0. The highest BCUT2D eigenvalue weighted by Crippen LogP contribution is 2.32. The van der Waals surface area contributed by atoms with Crippen molar-refractivity contribution in [3.8, 4) is 5.69 Å². The average Bonchev–Trinajstić information content (AvgIpc) is 3.11. The first-order valence-corrected chi connectivity index (χ1v) is 11.8. The molecule has 2 aromatic carbocycles. The molecule has 0 bridgehead atoms. The van der Waals surface area contributed by atoms with E-state index in [1.807, 2.05) is 36.2 Å². The molecule has 168 valence electrons. The van der Waals surface area contributed by atoms with E-state index in [1.54, 1.807) is 4.68 Å². The fourth-order valence-corrected chi connectivity index (χ4v) is 5.03. The summed E-state index contributed by atoms with van der Waals surface area (Å²) < 4.78 is 2.72. The molecule has 1 atom stereocenters. The summed E-state index contributed by atoms with van der Waals surface area (Å²) in [7, 11) is 0. The Balaban J connectivity index is 1.46. The van der Waals surface area contributed by atoms with Crippen LogP contribution in [0.3, 0.4) is 0 Å². The molecule has 1 unspecified atom stereocenters. The minimum atomic E-state index is -1.09. The number of aryl methyl sites for hydroxylation is 3. The third-order valence-corrected chi connectivity index (χ3v) is 6.67. The van der Waals surface area contributed by atoms with E-state index in [2.05, 4.69) is 58.3 Å². The maximum absolute atomic E-state index is 13.0. The molecule has 1 fully saturated rings. The second-order valence-corrected chi connectivity index (χ2v) is 9.83. The van der Waals surface area contributed by atoms with E-state index >= 15 is 0 Å². The van der Waals surface area contributed by atoms with Gasteiger partial charge in [0.25, 0.3) is 0 Å². The molecule has 0 spiro atoms. The topological polar surface area (TPSA) is 71.2 Å². The van der Waals surface area contributed by atoms with Gasteiger partial charge in [-0.3, -0.25) is 4.79 Å². The van der Waals surface area contributed by atoms with Crippen molar-refractivity contribution in [1.29, 1.82) is 0 Å². The highest BCUT2D eigenvalue weighted by molar-refractivity contribution is 9.10. The summed E-state index contributed by atoms with van der Waals surface area (Å²) >= 11 is 3.48. The van der Waals surface area contributed by atoms with E-state index in [0.29, 0.717) is 38.0 Å². The van der Waals surface area contributed by atoms with E-state index in [4.69, 9.17) is 0 Å². The number of benzene rings is 2. The summed E-state index contributed by atoms with van der Waals surface area (Å²) in [5.41, 5.74) is 4.84. The lowest BCUT2D eigenvalue weighted by Gasteiger charge is -2.24. The van der Waals surface area contributed by atoms with Gasteiger partial charge in [0.2, 0.25) is 5.91 Å².